The number of nitrogens with zero attached hydrogens (tertiary/aromatic N) is 3. The largest absolute Gasteiger partial charge is 0.457 e. The van der Waals surface area contributed by atoms with Crippen LogP contribution in [-0.2, 0) is 13.7 Å². The van der Waals surface area contributed by atoms with E-state index in [0.717, 1.165) is 0 Å². The molecule has 0 aliphatic heterocycles. The van der Waals surface area contributed by atoms with Crippen molar-refractivity contribution in [1.82, 2.24) is 15.0 Å². The number of hydrogen-bond acceptors (Lipinski definition) is 4. The van der Waals surface area contributed by atoms with Gasteiger partial charge in [-0.3, -0.25) is 4.68 Å². The maximum absolute atomic E-state index is 8.77. The van der Waals surface area contributed by atoms with Crippen LogP contribution in [-0.4, -0.2) is 20.1 Å². The first-order chi connectivity index (χ1) is 6.29. The maximum atomic E-state index is 8.77. The van der Waals surface area contributed by atoms with Crippen molar-refractivity contribution >= 4 is 0 Å². The fraction of sp³-hybridized carbons (Fsp3) is 0.250. The molecule has 0 spiro atoms. The Balaban J connectivity index is 2.35. The SMILES string of the molecule is Cn1cc(-c2ccc(CO)o2)nn1. The van der Waals surface area contributed by atoms with E-state index in [2.05, 4.69) is 10.3 Å². The Hall–Kier alpha value is -1.62. The van der Waals surface area contributed by atoms with Gasteiger partial charge in [0, 0.05) is 7.05 Å². The molecule has 2 rings (SSSR count). The minimum Gasteiger partial charge on any atom is -0.457 e. The van der Waals surface area contributed by atoms with E-state index in [1.165, 1.54) is 0 Å². The summed E-state index contributed by atoms with van der Waals surface area (Å²) in [5.41, 5.74) is 0.669. The Morgan fingerprint density at radius 3 is 2.92 bits per heavy atom. The van der Waals surface area contributed by atoms with Gasteiger partial charge in [-0.05, 0) is 12.1 Å². The van der Waals surface area contributed by atoms with Gasteiger partial charge in [-0.2, -0.15) is 0 Å². The zero-order valence-corrected chi connectivity index (χ0v) is 7.14. The van der Waals surface area contributed by atoms with Gasteiger partial charge in [0.15, 0.2) is 5.76 Å². The molecule has 0 bridgehead atoms. The zero-order chi connectivity index (χ0) is 9.26. The summed E-state index contributed by atoms with van der Waals surface area (Å²) in [5.74, 6) is 1.15. The summed E-state index contributed by atoms with van der Waals surface area (Å²) in [6, 6.07) is 3.47. The highest BCUT2D eigenvalue weighted by molar-refractivity contribution is 5.49. The van der Waals surface area contributed by atoms with Crippen molar-refractivity contribution in [3.63, 3.8) is 0 Å². The van der Waals surface area contributed by atoms with Crippen molar-refractivity contribution in [2.45, 2.75) is 6.61 Å². The first-order valence-corrected chi connectivity index (χ1v) is 3.86. The van der Waals surface area contributed by atoms with Gasteiger partial charge in [0.1, 0.15) is 18.1 Å². The lowest BCUT2D eigenvalue weighted by atomic mass is 10.3. The van der Waals surface area contributed by atoms with Gasteiger partial charge < -0.3 is 9.52 Å². The summed E-state index contributed by atoms with van der Waals surface area (Å²) in [6.07, 6.45) is 1.75. The summed E-state index contributed by atoms with van der Waals surface area (Å²) in [5, 5.41) is 16.4. The van der Waals surface area contributed by atoms with Crippen molar-refractivity contribution in [3.05, 3.63) is 24.1 Å². The third kappa shape index (κ3) is 1.46. The van der Waals surface area contributed by atoms with Gasteiger partial charge >= 0.3 is 0 Å². The zero-order valence-electron chi connectivity index (χ0n) is 7.14. The van der Waals surface area contributed by atoms with Crippen LogP contribution in [0.1, 0.15) is 5.76 Å². The minimum absolute atomic E-state index is 0.0970. The number of aromatic nitrogens is 3. The van der Waals surface area contributed by atoms with Crippen molar-refractivity contribution < 1.29 is 9.52 Å². The molecule has 0 saturated heterocycles. The van der Waals surface area contributed by atoms with Crippen LogP contribution in [0, 0.1) is 0 Å². The molecule has 0 atom stereocenters. The molecule has 0 unspecified atom stereocenters. The molecule has 0 fully saturated rings. The highest BCUT2D eigenvalue weighted by Gasteiger charge is 2.06. The summed E-state index contributed by atoms with van der Waals surface area (Å²) < 4.78 is 6.86. The van der Waals surface area contributed by atoms with Gasteiger partial charge in [0.2, 0.25) is 0 Å². The van der Waals surface area contributed by atoms with E-state index in [1.807, 2.05) is 0 Å². The predicted octanol–water partition coefficient (Wildman–Crippen LogP) is 0.567. The molecule has 0 aliphatic carbocycles. The lowest BCUT2D eigenvalue weighted by Crippen LogP contribution is -1.85. The van der Waals surface area contributed by atoms with Crippen LogP contribution in [0.3, 0.4) is 0 Å². The summed E-state index contributed by atoms with van der Waals surface area (Å²) >= 11 is 0. The molecule has 13 heavy (non-hydrogen) atoms. The summed E-state index contributed by atoms with van der Waals surface area (Å²) in [4.78, 5) is 0. The topological polar surface area (TPSA) is 64.1 Å². The lowest BCUT2D eigenvalue weighted by molar-refractivity contribution is 0.248. The van der Waals surface area contributed by atoms with Gasteiger partial charge in [-0.15, -0.1) is 5.10 Å². The highest BCUT2D eigenvalue weighted by Crippen LogP contribution is 2.18. The molecule has 0 aliphatic rings. The second-order valence-electron chi connectivity index (χ2n) is 2.70. The molecule has 5 heteroatoms. The van der Waals surface area contributed by atoms with Crippen LogP contribution in [0.5, 0.6) is 0 Å². The van der Waals surface area contributed by atoms with Crippen LogP contribution in [0.15, 0.2) is 22.7 Å². The number of aliphatic hydroxyl groups is 1. The van der Waals surface area contributed by atoms with E-state index < -0.39 is 0 Å². The molecule has 2 aromatic rings. The molecule has 5 nitrogen and oxygen atoms in total. The molecule has 2 aromatic heterocycles. The van der Waals surface area contributed by atoms with Gasteiger partial charge in [-0.25, -0.2) is 0 Å². The molecule has 0 saturated carbocycles. The van der Waals surface area contributed by atoms with Crippen LogP contribution in [0.25, 0.3) is 11.5 Å². The van der Waals surface area contributed by atoms with Crippen molar-refractivity contribution in [3.8, 4) is 11.5 Å². The Morgan fingerprint density at radius 2 is 2.38 bits per heavy atom. The first-order valence-electron chi connectivity index (χ1n) is 3.86. The monoisotopic (exact) mass is 179 g/mol. The van der Waals surface area contributed by atoms with Crippen LogP contribution >= 0.6 is 0 Å². The Morgan fingerprint density at radius 1 is 1.54 bits per heavy atom. The maximum Gasteiger partial charge on any atom is 0.156 e. The number of furan rings is 1. The summed E-state index contributed by atoms with van der Waals surface area (Å²) in [7, 11) is 1.78. The summed E-state index contributed by atoms with van der Waals surface area (Å²) in [6.45, 7) is -0.0970. The quantitative estimate of drug-likeness (QED) is 0.731. The van der Waals surface area contributed by atoms with Gasteiger partial charge in [0.25, 0.3) is 0 Å². The molecule has 68 valence electrons. The van der Waals surface area contributed by atoms with E-state index in [9.17, 15) is 0 Å². The molecule has 0 radical (unpaired) electrons. The normalized spacial score (nSPS) is 10.6. The number of rotatable bonds is 2. The van der Waals surface area contributed by atoms with E-state index in [4.69, 9.17) is 9.52 Å². The molecule has 0 aromatic carbocycles. The van der Waals surface area contributed by atoms with Crippen molar-refractivity contribution in [1.29, 1.82) is 0 Å². The van der Waals surface area contributed by atoms with Crippen LogP contribution < -0.4 is 0 Å². The third-order valence-corrected chi connectivity index (χ3v) is 1.67. The van der Waals surface area contributed by atoms with E-state index in [1.54, 1.807) is 30.1 Å². The molecular weight excluding hydrogens is 170 g/mol. The molecule has 2 heterocycles. The number of hydrogen-bond donors (Lipinski definition) is 1. The van der Waals surface area contributed by atoms with Crippen molar-refractivity contribution in [2.24, 2.45) is 7.05 Å². The fourth-order valence-corrected chi connectivity index (χ4v) is 1.06. The third-order valence-electron chi connectivity index (χ3n) is 1.67. The Labute approximate surface area is 74.6 Å². The fourth-order valence-electron chi connectivity index (χ4n) is 1.06. The lowest BCUT2D eigenvalue weighted by Gasteiger charge is -1.87. The minimum atomic E-state index is -0.0970. The second-order valence-corrected chi connectivity index (χ2v) is 2.70. The molecular formula is C8H9N3O2. The van der Waals surface area contributed by atoms with Crippen LogP contribution in [0.4, 0.5) is 0 Å². The number of aryl methyl sites for hydroxylation is 1. The standard InChI is InChI=1S/C8H9N3O2/c1-11-4-7(9-10-11)8-3-2-6(5-12)13-8/h2-4,12H,5H2,1H3. The number of aliphatic hydroxyl groups excluding tert-OH is 1. The Kier molecular flexibility index (Phi) is 1.86. The predicted molar refractivity (Wildman–Crippen MR) is 44.6 cm³/mol. The second kappa shape index (κ2) is 3.02. The highest BCUT2D eigenvalue weighted by atomic mass is 16.4. The van der Waals surface area contributed by atoms with E-state index in [-0.39, 0.29) is 6.61 Å². The average Bonchev–Trinajstić information content (AvgIpc) is 2.71. The van der Waals surface area contributed by atoms with E-state index in [0.29, 0.717) is 17.2 Å². The smallest absolute Gasteiger partial charge is 0.156 e. The van der Waals surface area contributed by atoms with E-state index >= 15 is 0 Å². The molecule has 0 amide bonds. The van der Waals surface area contributed by atoms with Crippen molar-refractivity contribution in [2.75, 3.05) is 0 Å². The molecule has 1 N–H and O–H groups in total. The Bertz CT molecular complexity index is 405. The first kappa shape index (κ1) is 8.00. The van der Waals surface area contributed by atoms with Crippen LogP contribution in [0.2, 0.25) is 0 Å². The van der Waals surface area contributed by atoms with Gasteiger partial charge in [0.05, 0.1) is 6.20 Å². The van der Waals surface area contributed by atoms with Gasteiger partial charge in [-0.1, -0.05) is 5.21 Å². The average molecular weight is 179 g/mol.